The summed E-state index contributed by atoms with van der Waals surface area (Å²) in [5.74, 6) is 0. The number of nitrogens with zero attached hydrogens (tertiary/aromatic N) is 3. The minimum absolute atomic E-state index is 0.500. The van der Waals surface area contributed by atoms with Crippen molar-refractivity contribution in [2.24, 2.45) is 5.73 Å². The average Bonchev–Trinajstić information content (AvgIpc) is 2.81. The fourth-order valence-electron chi connectivity index (χ4n) is 2.54. The van der Waals surface area contributed by atoms with Gasteiger partial charge >= 0.3 is 0 Å². The summed E-state index contributed by atoms with van der Waals surface area (Å²) in [4.78, 5) is 6.77. The van der Waals surface area contributed by atoms with E-state index in [0.717, 1.165) is 11.2 Å². The van der Waals surface area contributed by atoms with Crippen LogP contribution < -0.4 is 10.6 Å². The van der Waals surface area contributed by atoms with E-state index in [1.807, 2.05) is 10.7 Å². The predicted molar refractivity (Wildman–Crippen MR) is 69.1 cm³/mol. The Kier molecular flexibility index (Phi) is 2.73. The Bertz CT molecular complexity index is 511. The third kappa shape index (κ3) is 1.89. The largest absolute Gasteiger partial charge is 0.371 e. The minimum Gasteiger partial charge on any atom is -0.371 e. The molecule has 1 saturated heterocycles. The zero-order valence-electron chi connectivity index (χ0n) is 9.97. The van der Waals surface area contributed by atoms with Gasteiger partial charge in [0.15, 0.2) is 0 Å². The SMILES string of the molecule is NCc1ncn2ccc(N3CCCCC3)cc12. The minimum atomic E-state index is 0.500. The third-order valence-electron chi connectivity index (χ3n) is 3.52. The number of aromatic nitrogens is 2. The monoisotopic (exact) mass is 230 g/mol. The second-order valence-corrected chi connectivity index (χ2v) is 4.62. The molecule has 4 nitrogen and oxygen atoms in total. The lowest BCUT2D eigenvalue weighted by atomic mass is 10.1. The normalized spacial score (nSPS) is 16.6. The van der Waals surface area contributed by atoms with Gasteiger partial charge in [-0.1, -0.05) is 0 Å². The highest BCUT2D eigenvalue weighted by Gasteiger charge is 2.12. The van der Waals surface area contributed by atoms with Crippen molar-refractivity contribution in [3.05, 3.63) is 30.4 Å². The van der Waals surface area contributed by atoms with Gasteiger partial charge in [0.1, 0.15) is 0 Å². The molecule has 0 bridgehead atoms. The van der Waals surface area contributed by atoms with Crippen LogP contribution in [0.2, 0.25) is 0 Å². The molecule has 1 fully saturated rings. The number of anilines is 1. The highest BCUT2D eigenvalue weighted by molar-refractivity contribution is 5.62. The van der Waals surface area contributed by atoms with Crippen molar-refractivity contribution in [1.82, 2.24) is 9.38 Å². The van der Waals surface area contributed by atoms with Gasteiger partial charge in [0.2, 0.25) is 0 Å². The third-order valence-corrected chi connectivity index (χ3v) is 3.52. The van der Waals surface area contributed by atoms with E-state index in [-0.39, 0.29) is 0 Å². The molecule has 4 heteroatoms. The quantitative estimate of drug-likeness (QED) is 0.855. The second kappa shape index (κ2) is 4.37. The van der Waals surface area contributed by atoms with Crippen LogP contribution in [0.15, 0.2) is 24.7 Å². The van der Waals surface area contributed by atoms with E-state index in [2.05, 4.69) is 28.2 Å². The standard InChI is InChI=1S/C13H18N4/c14-9-12-13-8-11(4-7-17(13)10-15-12)16-5-2-1-3-6-16/h4,7-8,10H,1-3,5-6,9,14H2. The maximum Gasteiger partial charge on any atom is 0.0996 e. The fourth-order valence-corrected chi connectivity index (χ4v) is 2.54. The molecule has 3 rings (SSSR count). The van der Waals surface area contributed by atoms with Crippen LogP contribution in [0.1, 0.15) is 25.0 Å². The molecule has 90 valence electrons. The maximum absolute atomic E-state index is 5.70. The van der Waals surface area contributed by atoms with Gasteiger partial charge < -0.3 is 15.0 Å². The molecule has 1 aliphatic heterocycles. The van der Waals surface area contributed by atoms with Crippen LogP contribution >= 0.6 is 0 Å². The molecule has 2 N–H and O–H groups in total. The van der Waals surface area contributed by atoms with E-state index in [9.17, 15) is 0 Å². The molecule has 0 amide bonds. The van der Waals surface area contributed by atoms with Crippen LogP contribution in [0.4, 0.5) is 5.69 Å². The van der Waals surface area contributed by atoms with Crippen molar-refractivity contribution < 1.29 is 0 Å². The van der Waals surface area contributed by atoms with E-state index in [4.69, 9.17) is 5.73 Å². The predicted octanol–water partition coefficient (Wildman–Crippen LogP) is 1.78. The molecular formula is C13H18N4. The van der Waals surface area contributed by atoms with E-state index < -0.39 is 0 Å². The first-order chi connectivity index (χ1) is 8.38. The summed E-state index contributed by atoms with van der Waals surface area (Å²) < 4.78 is 2.04. The smallest absolute Gasteiger partial charge is 0.0996 e. The lowest BCUT2D eigenvalue weighted by molar-refractivity contribution is 0.578. The van der Waals surface area contributed by atoms with Crippen molar-refractivity contribution >= 4 is 11.2 Å². The molecule has 1 aliphatic rings. The molecule has 0 aliphatic carbocycles. The Morgan fingerprint density at radius 2 is 2.06 bits per heavy atom. The number of hydrogen-bond donors (Lipinski definition) is 1. The summed E-state index contributed by atoms with van der Waals surface area (Å²) in [6.45, 7) is 2.84. The molecule has 2 aromatic rings. The number of pyridine rings is 1. The highest BCUT2D eigenvalue weighted by atomic mass is 15.1. The van der Waals surface area contributed by atoms with E-state index in [1.165, 1.54) is 38.0 Å². The number of rotatable bonds is 2. The first-order valence-electron chi connectivity index (χ1n) is 6.29. The van der Waals surface area contributed by atoms with Crippen molar-refractivity contribution in [1.29, 1.82) is 0 Å². The maximum atomic E-state index is 5.70. The summed E-state index contributed by atoms with van der Waals surface area (Å²) in [7, 11) is 0. The molecular weight excluding hydrogens is 212 g/mol. The Labute approximate surface area is 101 Å². The first-order valence-corrected chi connectivity index (χ1v) is 6.29. The van der Waals surface area contributed by atoms with Gasteiger partial charge in [-0.05, 0) is 31.4 Å². The topological polar surface area (TPSA) is 46.6 Å². The molecule has 2 aromatic heterocycles. The molecule has 0 spiro atoms. The van der Waals surface area contributed by atoms with Gasteiger partial charge in [-0.2, -0.15) is 0 Å². The first kappa shape index (κ1) is 10.6. The van der Waals surface area contributed by atoms with Gasteiger partial charge in [-0.3, -0.25) is 0 Å². The van der Waals surface area contributed by atoms with Crippen molar-refractivity contribution in [3.63, 3.8) is 0 Å². The summed E-state index contributed by atoms with van der Waals surface area (Å²) in [6, 6.07) is 4.38. The summed E-state index contributed by atoms with van der Waals surface area (Å²) in [5.41, 5.74) is 9.11. The lowest BCUT2D eigenvalue weighted by Crippen LogP contribution is -2.29. The second-order valence-electron chi connectivity index (χ2n) is 4.62. The Hall–Kier alpha value is -1.55. The molecule has 0 atom stereocenters. The van der Waals surface area contributed by atoms with Gasteiger partial charge in [-0.15, -0.1) is 0 Å². The van der Waals surface area contributed by atoms with Gasteiger partial charge in [0, 0.05) is 31.5 Å². The number of hydrogen-bond acceptors (Lipinski definition) is 3. The van der Waals surface area contributed by atoms with E-state index in [1.54, 1.807) is 0 Å². The lowest BCUT2D eigenvalue weighted by Gasteiger charge is -2.28. The van der Waals surface area contributed by atoms with Crippen LogP contribution in [0.3, 0.4) is 0 Å². The van der Waals surface area contributed by atoms with Crippen molar-refractivity contribution in [2.45, 2.75) is 25.8 Å². The number of nitrogens with two attached hydrogens (primary N) is 1. The summed E-state index contributed by atoms with van der Waals surface area (Å²) in [5, 5.41) is 0. The zero-order valence-corrected chi connectivity index (χ0v) is 9.97. The number of piperidine rings is 1. The van der Waals surface area contributed by atoms with Gasteiger partial charge in [0.05, 0.1) is 17.5 Å². The molecule has 0 saturated carbocycles. The van der Waals surface area contributed by atoms with Crippen molar-refractivity contribution in [2.75, 3.05) is 18.0 Å². The Morgan fingerprint density at radius 3 is 2.82 bits per heavy atom. The van der Waals surface area contributed by atoms with Crippen LogP contribution in [-0.2, 0) is 6.54 Å². The van der Waals surface area contributed by atoms with Crippen LogP contribution in [0, 0.1) is 0 Å². The van der Waals surface area contributed by atoms with Crippen LogP contribution in [0.5, 0.6) is 0 Å². The number of fused-ring (bicyclic) bond motifs is 1. The Balaban J connectivity index is 1.99. The summed E-state index contributed by atoms with van der Waals surface area (Å²) in [6.07, 6.45) is 7.87. The van der Waals surface area contributed by atoms with Gasteiger partial charge in [0.25, 0.3) is 0 Å². The zero-order chi connectivity index (χ0) is 11.7. The van der Waals surface area contributed by atoms with Gasteiger partial charge in [-0.25, -0.2) is 4.98 Å². The molecule has 0 radical (unpaired) electrons. The molecule has 17 heavy (non-hydrogen) atoms. The van der Waals surface area contributed by atoms with E-state index >= 15 is 0 Å². The highest BCUT2D eigenvalue weighted by Crippen LogP contribution is 2.22. The summed E-state index contributed by atoms with van der Waals surface area (Å²) >= 11 is 0. The average molecular weight is 230 g/mol. The van der Waals surface area contributed by atoms with Crippen LogP contribution in [0.25, 0.3) is 5.52 Å². The Morgan fingerprint density at radius 1 is 1.24 bits per heavy atom. The van der Waals surface area contributed by atoms with E-state index in [0.29, 0.717) is 6.54 Å². The molecule has 0 aromatic carbocycles. The van der Waals surface area contributed by atoms with Crippen molar-refractivity contribution in [3.8, 4) is 0 Å². The number of imidazole rings is 1. The van der Waals surface area contributed by atoms with Crippen LogP contribution in [-0.4, -0.2) is 22.5 Å². The molecule has 3 heterocycles. The fraction of sp³-hybridized carbons (Fsp3) is 0.462. The molecule has 0 unspecified atom stereocenters.